The lowest BCUT2D eigenvalue weighted by Gasteiger charge is -2.31. The van der Waals surface area contributed by atoms with Crippen LogP contribution in [-0.4, -0.2) is 41.1 Å². The summed E-state index contributed by atoms with van der Waals surface area (Å²) < 4.78 is 10.9. The number of esters is 2. The summed E-state index contributed by atoms with van der Waals surface area (Å²) >= 11 is 0. The van der Waals surface area contributed by atoms with Crippen molar-refractivity contribution in [1.29, 1.82) is 0 Å². The molecule has 146 valence electrons. The Morgan fingerprint density at radius 1 is 1.19 bits per heavy atom. The zero-order valence-electron chi connectivity index (χ0n) is 16.1. The van der Waals surface area contributed by atoms with Crippen LogP contribution in [0, 0.1) is 0 Å². The monoisotopic (exact) mass is 373 g/mol. The minimum absolute atomic E-state index is 0.436. The van der Waals surface area contributed by atoms with Gasteiger partial charge in [-0.15, -0.1) is 0 Å². The highest BCUT2D eigenvalue weighted by Gasteiger charge is 2.33. The van der Waals surface area contributed by atoms with Gasteiger partial charge in [0.15, 0.2) is 12.2 Å². The molecule has 0 bridgehead atoms. The summed E-state index contributed by atoms with van der Waals surface area (Å²) in [5, 5.41) is 10.2. The molecule has 0 saturated carbocycles. The van der Waals surface area contributed by atoms with Crippen molar-refractivity contribution in [2.24, 2.45) is 0 Å². The molecule has 1 aliphatic carbocycles. The molecule has 0 spiro atoms. The number of benzene rings is 1. The maximum absolute atomic E-state index is 11.7. The van der Waals surface area contributed by atoms with Gasteiger partial charge in [0.1, 0.15) is 0 Å². The molecule has 0 radical (unpaired) electrons. The molecule has 1 aromatic carbocycles. The lowest BCUT2D eigenvalue weighted by atomic mass is 9.86. The normalized spacial score (nSPS) is 23.0. The van der Waals surface area contributed by atoms with E-state index in [1.54, 1.807) is 13.0 Å². The summed E-state index contributed by atoms with van der Waals surface area (Å²) in [6.07, 6.45) is 4.04. The van der Waals surface area contributed by atoms with Gasteiger partial charge in [-0.25, -0.2) is 0 Å². The number of ether oxygens (including phenoxy) is 2. The Morgan fingerprint density at radius 2 is 1.85 bits per heavy atom. The van der Waals surface area contributed by atoms with E-state index in [9.17, 15) is 14.7 Å². The zero-order valence-corrected chi connectivity index (χ0v) is 16.1. The van der Waals surface area contributed by atoms with Crippen molar-refractivity contribution < 1.29 is 24.2 Å². The highest BCUT2D eigenvalue weighted by atomic mass is 16.6. The fourth-order valence-electron chi connectivity index (χ4n) is 3.83. The van der Waals surface area contributed by atoms with Crippen molar-refractivity contribution in [1.82, 2.24) is 4.90 Å². The third kappa shape index (κ3) is 4.57. The third-order valence-corrected chi connectivity index (χ3v) is 5.05. The smallest absolute Gasteiger partial charge is 0.303 e. The van der Waals surface area contributed by atoms with E-state index in [0.717, 1.165) is 41.9 Å². The van der Waals surface area contributed by atoms with E-state index < -0.39 is 30.3 Å². The Kier molecular flexibility index (Phi) is 5.97. The van der Waals surface area contributed by atoms with Gasteiger partial charge in [-0.1, -0.05) is 12.1 Å². The number of hydrogen-bond acceptors (Lipinski definition) is 6. The number of carbonyl (C=O) groups excluding carboxylic acids is 2. The van der Waals surface area contributed by atoms with Gasteiger partial charge in [0, 0.05) is 26.0 Å². The molecular formula is C21H27NO5. The van der Waals surface area contributed by atoms with Gasteiger partial charge in [-0.05, 0) is 61.7 Å². The topological polar surface area (TPSA) is 76.1 Å². The van der Waals surface area contributed by atoms with E-state index in [-0.39, 0.29) is 0 Å². The van der Waals surface area contributed by atoms with Crippen molar-refractivity contribution in [2.75, 3.05) is 13.1 Å². The lowest BCUT2D eigenvalue weighted by Crippen LogP contribution is -2.30. The Hall–Kier alpha value is -2.18. The molecule has 3 atom stereocenters. The van der Waals surface area contributed by atoms with E-state index in [0.29, 0.717) is 0 Å². The molecule has 6 heteroatoms. The summed E-state index contributed by atoms with van der Waals surface area (Å²) in [7, 11) is 0. The molecule has 1 saturated heterocycles. The van der Waals surface area contributed by atoms with Crippen LogP contribution in [0.15, 0.2) is 18.2 Å². The summed E-state index contributed by atoms with van der Waals surface area (Å²) in [5.41, 5.74) is 3.59. The number of carbonyl (C=O) groups is 2. The largest absolute Gasteiger partial charge is 0.454 e. The second kappa shape index (κ2) is 8.23. The van der Waals surface area contributed by atoms with E-state index >= 15 is 0 Å². The molecule has 1 fully saturated rings. The average Bonchev–Trinajstić information content (AvgIpc) is 3.09. The van der Waals surface area contributed by atoms with E-state index in [2.05, 4.69) is 4.90 Å². The molecule has 1 N–H and O–H groups in total. The summed E-state index contributed by atoms with van der Waals surface area (Å²) in [6, 6.07) is 3.87. The first-order valence-corrected chi connectivity index (χ1v) is 9.45. The fraction of sp³-hybridized carbons (Fsp3) is 0.524. The van der Waals surface area contributed by atoms with Crippen molar-refractivity contribution in [3.05, 3.63) is 40.5 Å². The molecule has 3 rings (SSSR count). The number of rotatable bonds is 5. The minimum atomic E-state index is -0.720. The number of aliphatic hydroxyl groups excluding tert-OH is 1. The van der Waals surface area contributed by atoms with Crippen molar-refractivity contribution in [3.63, 3.8) is 0 Å². The van der Waals surface area contributed by atoms with E-state index in [1.165, 1.54) is 26.7 Å². The van der Waals surface area contributed by atoms with Crippen LogP contribution in [0.3, 0.4) is 0 Å². The van der Waals surface area contributed by atoms with E-state index in [4.69, 9.17) is 9.47 Å². The van der Waals surface area contributed by atoms with Crippen LogP contribution in [0.2, 0.25) is 0 Å². The number of fused-ring (bicyclic) bond motifs is 1. The predicted octanol–water partition coefficient (Wildman–Crippen LogP) is 2.90. The van der Waals surface area contributed by atoms with Crippen molar-refractivity contribution >= 4 is 18.0 Å². The first-order valence-electron chi connectivity index (χ1n) is 9.45. The Bertz CT molecular complexity index is 749. The maximum Gasteiger partial charge on any atom is 0.303 e. The second-order valence-electron chi connectivity index (χ2n) is 7.31. The quantitative estimate of drug-likeness (QED) is 0.800. The van der Waals surface area contributed by atoms with Crippen molar-refractivity contribution in [2.45, 2.75) is 58.5 Å². The average molecular weight is 373 g/mol. The van der Waals surface area contributed by atoms with Gasteiger partial charge >= 0.3 is 11.9 Å². The SMILES string of the molecule is CC(=O)O[C@@H]1c2cc(C(C)O)cc(CN3CCCC3)c2C=C[C@H]1OC(C)=O. The molecule has 27 heavy (non-hydrogen) atoms. The van der Waals surface area contributed by atoms with Crippen LogP contribution in [0.1, 0.15) is 68.1 Å². The summed E-state index contributed by atoms with van der Waals surface area (Å²) in [4.78, 5) is 25.6. The van der Waals surface area contributed by atoms with Gasteiger partial charge in [0.25, 0.3) is 0 Å². The third-order valence-electron chi connectivity index (χ3n) is 5.05. The second-order valence-corrected chi connectivity index (χ2v) is 7.31. The van der Waals surface area contributed by atoms with Gasteiger partial charge in [0.05, 0.1) is 6.10 Å². The predicted molar refractivity (Wildman–Crippen MR) is 101 cm³/mol. The van der Waals surface area contributed by atoms with Gasteiger partial charge in [0.2, 0.25) is 0 Å². The summed E-state index contributed by atoms with van der Waals surface area (Å²) in [6.45, 7) is 7.27. The van der Waals surface area contributed by atoms with Gasteiger partial charge < -0.3 is 14.6 Å². The minimum Gasteiger partial charge on any atom is -0.454 e. The number of hydrogen-bond donors (Lipinski definition) is 1. The molecule has 1 unspecified atom stereocenters. The highest BCUT2D eigenvalue weighted by molar-refractivity contribution is 5.70. The standard InChI is InChI=1S/C21H27NO5/c1-13(23)16-10-17(12-22-8-4-5-9-22)18-6-7-20(26-14(2)24)21(19(18)11-16)27-15(3)25/h6-7,10-11,13,20-21,23H,4-5,8-9,12H2,1-3H3/t13?,20-,21-/m1/s1. The first-order chi connectivity index (χ1) is 12.8. The highest BCUT2D eigenvalue weighted by Crippen LogP contribution is 2.37. The Labute approximate surface area is 159 Å². The molecule has 1 aromatic rings. The zero-order chi connectivity index (χ0) is 19.6. The van der Waals surface area contributed by atoms with Crippen LogP contribution < -0.4 is 0 Å². The molecular weight excluding hydrogens is 346 g/mol. The number of likely N-dealkylation sites (tertiary alicyclic amines) is 1. The van der Waals surface area contributed by atoms with Crippen LogP contribution in [0.4, 0.5) is 0 Å². The first kappa shape index (κ1) is 19.6. The number of aliphatic hydroxyl groups is 1. The summed E-state index contributed by atoms with van der Waals surface area (Å²) in [5.74, 6) is -0.879. The Morgan fingerprint density at radius 3 is 2.44 bits per heavy atom. The lowest BCUT2D eigenvalue weighted by molar-refractivity contribution is -0.162. The molecule has 0 aromatic heterocycles. The molecule has 1 heterocycles. The number of nitrogens with zero attached hydrogens (tertiary/aromatic N) is 1. The van der Waals surface area contributed by atoms with Gasteiger partial charge in [-0.3, -0.25) is 14.5 Å². The maximum atomic E-state index is 11.7. The van der Waals surface area contributed by atoms with Crippen LogP contribution in [0.25, 0.3) is 6.08 Å². The van der Waals surface area contributed by atoms with Crippen LogP contribution in [0.5, 0.6) is 0 Å². The van der Waals surface area contributed by atoms with Gasteiger partial charge in [-0.2, -0.15) is 0 Å². The van der Waals surface area contributed by atoms with Crippen LogP contribution in [-0.2, 0) is 25.6 Å². The van der Waals surface area contributed by atoms with E-state index in [1.807, 2.05) is 18.2 Å². The van der Waals surface area contributed by atoms with Crippen molar-refractivity contribution in [3.8, 4) is 0 Å². The Balaban J connectivity index is 2.05. The molecule has 1 aliphatic heterocycles. The molecule has 6 nitrogen and oxygen atoms in total. The molecule has 0 amide bonds. The molecule has 2 aliphatic rings. The fourth-order valence-corrected chi connectivity index (χ4v) is 3.83. The van der Waals surface area contributed by atoms with Crippen LogP contribution >= 0.6 is 0 Å².